The fourth-order valence-electron chi connectivity index (χ4n) is 2.06. The van der Waals surface area contributed by atoms with Crippen LogP contribution in [0.1, 0.15) is 6.92 Å². The Bertz CT molecular complexity index is 657. The molecule has 0 aliphatic heterocycles. The van der Waals surface area contributed by atoms with Crippen LogP contribution in [0.4, 0.5) is 5.82 Å². The Morgan fingerprint density at radius 3 is 2.48 bits per heavy atom. The Hall–Kier alpha value is -2.50. The summed E-state index contributed by atoms with van der Waals surface area (Å²) in [5.74, 6) is 1.48. The molecule has 0 aliphatic rings. The van der Waals surface area contributed by atoms with Crippen LogP contribution in [0.5, 0.6) is 11.5 Å². The molecule has 0 bridgehead atoms. The second-order valence-corrected chi connectivity index (χ2v) is 4.48. The zero-order valence-corrected chi connectivity index (χ0v) is 12.5. The molecule has 0 saturated carbocycles. The van der Waals surface area contributed by atoms with Crippen molar-refractivity contribution >= 4 is 22.6 Å². The third-order valence-electron chi connectivity index (χ3n) is 3.18. The van der Waals surface area contributed by atoms with E-state index in [0.717, 1.165) is 10.8 Å². The molecule has 112 valence electrons. The van der Waals surface area contributed by atoms with E-state index < -0.39 is 6.04 Å². The molecule has 2 aromatic rings. The number of aromatic nitrogens is 1. The summed E-state index contributed by atoms with van der Waals surface area (Å²) in [6.07, 6.45) is 1.67. The molecule has 1 atom stereocenters. The lowest BCUT2D eigenvalue weighted by molar-refractivity contribution is -0.141. The molecule has 21 heavy (non-hydrogen) atoms. The van der Waals surface area contributed by atoms with Crippen molar-refractivity contribution in [2.45, 2.75) is 13.0 Å². The normalized spacial score (nSPS) is 11.8. The van der Waals surface area contributed by atoms with Gasteiger partial charge in [-0.2, -0.15) is 0 Å². The fourth-order valence-corrected chi connectivity index (χ4v) is 2.06. The number of hydrogen-bond donors (Lipinski definition) is 1. The van der Waals surface area contributed by atoms with Crippen molar-refractivity contribution in [2.24, 2.45) is 0 Å². The Kier molecular flexibility index (Phi) is 4.47. The van der Waals surface area contributed by atoms with Crippen LogP contribution in [0.2, 0.25) is 0 Å². The lowest BCUT2D eigenvalue weighted by Gasteiger charge is -2.15. The van der Waals surface area contributed by atoms with Gasteiger partial charge in [0.05, 0.1) is 21.3 Å². The van der Waals surface area contributed by atoms with Crippen LogP contribution in [0.15, 0.2) is 24.4 Å². The highest BCUT2D eigenvalue weighted by atomic mass is 16.5. The maximum atomic E-state index is 11.5. The highest BCUT2D eigenvalue weighted by Gasteiger charge is 2.16. The van der Waals surface area contributed by atoms with Gasteiger partial charge >= 0.3 is 5.97 Å². The van der Waals surface area contributed by atoms with E-state index in [1.54, 1.807) is 27.3 Å². The standard InChI is InChI=1S/C15H18N2O4/c1-9(15(18)21-4)17-14-11-8-13(20-3)12(19-2)7-10(11)5-6-16-14/h5-9H,1-4H3,(H,16,17). The first kappa shape index (κ1) is 14.9. The molecule has 1 heterocycles. The number of ether oxygens (including phenoxy) is 3. The monoisotopic (exact) mass is 290 g/mol. The maximum Gasteiger partial charge on any atom is 0.328 e. The zero-order chi connectivity index (χ0) is 15.4. The molecule has 0 spiro atoms. The number of carbonyl (C=O) groups excluding carboxylic acids is 1. The van der Waals surface area contributed by atoms with Gasteiger partial charge in [0.15, 0.2) is 11.5 Å². The van der Waals surface area contributed by atoms with E-state index in [0.29, 0.717) is 17.3 Å². The van der Waals surface area contributed by atoms with Gasteiger partial charge < -0.3 is 19.5 Å². The molecule has 1 N–H and O–H groups in total. The molecule has 0 radical (unpaired) electrons. The van der Waals surface area contributed by atoms with Gasteiger partial charge in [-0.25, -0.2) is 9.78 Å². The number of pyridine rings is 1. The number of methoxy groups -OCH3 is 3. The minimum Gasteiger partial charge on any atom is -0.493 e. The SMILES string of the molecule is COC(=O)C(C)Nc1nccc2cc(OC)c(OC)cc12. The van der Waals surface area contributed by atoms with Crippen LogP contribution in [0, 0.1) is 0 Å². The first-order valence-corrected chi connectivity index (χ1v) is 6.45. The van der Waals surface area contributed by atoms with Crippen LogP contribution in [0.25, 0.3) is 10.8 Å². The maximum absolute atomic E-state index is 11.5. The Morgan fingerprint density at radius 1 is 1.19 bits per heavy atom. The zero-order valence-electron chi connectivity index (χ0n) is 12.5. The number of carbonyl (C=O) groups is 1. The van der Waals surface area contributed by atoms with E-state index in [1.807, 2.05) is 18.2 Å². The molecule has 1 aromatic carbocycles. The summed E-state index contributed by atoms with van der Waals surface area (Å²) in [7, 11) is 4.51. The first-order valence-electron chi connectivity index (χ1n) is 6.45. The van der Waals surface area contributed by atoms with Gasteiger partial charge in [0.25, 0.3) is 0 Å². The van der Waals surface area contributed by atoms with Crippen molar-refractivity contribution in [2.75, 3.05) is 26.6 Å². The Morgan fingerprint density at radius 2 is 1.86 bits per heavy atom. The predicted molar refractivity (Wildman–Crippen MR) is 79.9 cm³/mol. The van der Waals surface area contributed by atoms with E-state index in [2.05, 4.69) is 10.3 Å². The molecular formula is C15H18N2O4. The molecule has 0 aliphatic carbocycles. The minimum absolute atomic E-state index is 0.353. The van der Waals surface area contributed by atoms with Gasteiger partial charge in [0, 0.05) is 11.6 Å². The highest BCUT2D eigenvalue weighted by molar-refractivity contribution is 5.95. The van der Waals surface area contributed by atoms with Gasteiger partial charge in [-0.3, -0.25) is 0 Å². The van der Waals surface area contributed by atoms with E-state index in [4.69, 9.17) is 14.2 Å². The number of hydrogen-bond acceptors (Lipinski definition) is 6. The fraction of sp³-hybridized carbons (Fsp3) is 0.333. The Balaban J connectivity index is 2.47. The average molecular weight is 290 g/mol. The third kappa shape index (κ3) is 2.99. The van der Waals surface area contributed by atoms with Gasteiger partial charge in [-0.15, -0.1) is 0 Å². The average Bonchev–Trinajstić information content (AvgIpc) is 2.52. The van der Waals surface area contributed by atoms with Gasteiger partial charge in [-0.1, -0.05) is 0 Å². The van der Waals surface area contributed by atoms with Gasteiger partial charge in [0.2, 0.25) is 0 Å². The van der Waals surface area contributed by atoms with Crippen LogP contribution < -0.4 is 14.8 Å². The summed E-state index contributed by atoms with van der Waals surface area (Å²) in [6.45, 7) is 1.72. The molecule has 0 amide bonds. The summed E-state index contributed by atoms with van der Waals surface area (Å²) >= 11 is 0. The number of anilines is 1. The summed E-state index contributed by atoms with van der Waals surface area (Å²) in [5, 5.41) is 4.81. The van der Waals surface area contributed by atoms with E-state index in [1.165, 1.54) is 7.11 Å². The lowest BCUT2D eigenvalue weighted by atomic mass is 10.1. The number of rotatable bonds is 5. The quantitative estimate of drug-likeness (QED) is 0.852. The molecular weight excluding hydrogens is 272 g/mol. The number of nitrogens with one attached hydrogen (secondary N) is 1. The second-order valence-electron chi connectivity index (χ2n) is 4.48. The highest BCUT2D eigenvalue weighted by Crippen LogP contribution is 2.34. The van der Waals surface area contributed by atoms with E-state index in [-0.39, 0.29) is 5.97 Å². The number of fused-ring (bicyclic) bond motifs is 1. The molecule has 1 unspecified atom stereocenters. The lowest BCUT2D eigenvalue weighted by Crippen LogP contribution is -2.27. The molecule has 6 nitrogen and oxygen atoms in total. The summed E-state index contributed by atoms with van der Waals surface area (Å²) in [4.78, 5) is 15.8. The van der Waals surface area contributed by atoms with Crippen LogP contribution in [-0.4, -0.2) is 38.3 Å². The predicted octanol–water partition coefficient (Wildman–Crippen LogP) is 2.23. The summed E-state index contributed by atoms with van der Waals surface area (Å²) < 4.78 is 15.3. The smallest absolute Gasteiger partial charge is 0.328 e. The second kappa shape index (κ2) is 6.30. The molecule has 6 heteroatoms. The van der Waals surface area contributed by atoms with Gasteiger partial charge in [-0.05, 0) is 30.5 Å². The van der Waals surface area contributed by atoms with Gasteiger partial charge in [0.1, 0.15) is 11.9 Å². The first-order chi connectivity index (χ1) is 10.1. The number of benzene rings is 1. The largest absolute Gasteiger partial charge is 0.493 e. The third-order valence-corrected chi connectivity index (χ3v) is 3.18. The van der Waals surface area contributed by atoms with Crippen molar-refractivity contribution in [3.63, 3.8) is 0 Å². The van der Waals surface area contributed by atoms with E-state index >= 15 is 0 Å². The van der Waals surface area contributed by atoms with Crippen molar-refractivity contribution in [1.29, 1.82) is 0 Å². The van der Waals surface area contributed by atoms with Crippen LogP contribution in [-0.2, 0) is 9.53 Å². The molecule has 0 saturated heterocycles. The van der Waals surface area contributed by atoms with Crippen molar-refractivity contribution < 1.29 is 19.0 Å². The topological polar surface area (TPSA) is 69.7 Å². The molecule has 1 aromatic heterocycles. The van der Waals surface area contributed by atoms with Crippen LogP contribution in [0.3, 0.4) is 0 Å². The van der Waals surface area contributed by atoms with E-state index in [9.17, 15) is 4.79 Å². The summed E-state index contributed by atoms with van der Waals surface area (Å²) in [6, 6.07) is 5.06. The Labute approximate surface area is 123 Å². The molecule has 0 fully saturated rings. The molecule has 2 rings (SSSR count). The van der Waals surface area contributed by atoms with Crippen LogP contribution >= 0.6 is 0 Å². The van der Waals surface area contributed by atoms with Crippen molar-refractivity contribution in [1.82, 2.24) is 4.98 Å². The van der Waals surface area contributed by atoms with Crippen molar-refractivity contribution in [3.05, 3.63) is 24.4 Å². The number of esters is 1. The summed E-state index contributed by atoms with van der Waals surface area (Å²) in [5.41, 5.74) is 0. The number of nitrogens with zero attached hydrogens (tertiary/aromatic N) is 1. The minimum atomic E-state index is -0.499. The van der Waals surface area contributed by atoms with Crippen molar-refractivity contribution in [3.8, 4) is 11.5 Å².